The van der Waals surface area contributed by atoms with Gasteiger partial charge in [-0.25, -0.2) is 13.6 Å². The highest BCUT2D eigenvalue weighted by molar-refractivity contribution is 6.00. The summed E-state index contributed by atoms with van der Waals surface area (Å²) in [5.41, 5.74) is 2.06. The third-order valence-electron chi connectivity index (χ3n) is 4.06. The number of ether oxygens (including phenoxy) is 1. The lowest BCUT2D eigenvalue weighted by Crippen LogP contribution is -2.19. The monoisotopic (exact) mass is 379 g/mol. The number of para-hydroxylation sites is 1. The lowest BCUT2D eigenvalue weighted by molar-refractivity contribution is 0.262. The molecule has 0 aliphatic carbocycles. The van der Waals surface area contributed by atoms with Gasteiger partial charge in [0.05, 0.1) is 0 Å². The third kappa shape index (κ3) is 3.78. The first-order chi connectivity index (χ1) is 13.6. The van der Waals surface area contributed by atoms with Crippen LogP contribution in [0, 0.1) is 11.6 Å². The van der Waals surface area contributed by atoms with Gasteiger partial charge in [-0.15, -0.1) is 0 Å². The van der Waals surface area contributed by atoms with Crippen LogP contribution < -0.4 is 15.4 Å². The summed E-state index contributed by atoms with van der Waals surface area (Å²) in [6.45, 7) is 0. The Kier molecular flexibility index (Phi) is 4.63. The van der Waals surface area contributed by atoms with Crippen molar-refractivity contribution in [2.24, 2.45) is 0 Å². The number of hydrogen-bond acceptors (Lipinski definition) is 2. The SMILES string of the molecule is O=C(Nc1ccc(Oc2c(F)cccc2F)cc1)Nc1ccc2cc[nH]c2c1. The second-order valence-electron chi connectivity index (χ2n) is 6.04. The molecule has 0 fully saturated rings. The van der Waals surface area contributed by atoms with Gasteiger partial charge in [-0.2, -0.15) is 0 Å². The fraction of sp³-hybridized carbons (Fsp3) is 0. The lowest BCUT2D eigenvalue weighted by Gasteiger charge is -2.10. The number of nitrogens with one attached hydrogen (secondary N) is 3. The minimum Gasteiger partial charge on any atom is -0.451 e. The van der Waals surface area contributed by atoms with Crippen molar-refractivity contribution >= 4 is 28.3 Å². The molecule has 0 spiro atoms. The Morgan fingerprint density at radius 3 is 2.29 bits per heavy atom. The predicted molar refractivity (Wildman–Crippen MR) is 104 cm³/mol. The molecule has 4 rings (SSSR count). The number of urea groups is 1. The van der Waals surface area contributed by atoms with E-state index in [4.69, 9.17) is 4.74 Å². The first kappa shape index (κ1) is 17.5. The van der Waals surface area contributed by atoms with Gasteiger partial charge in [-0.05, 0) is 60.0 Å². The van der Waals surface area contributed by atoms with Crippen molar-refractivity contribution < 1.29 is 18.3 Å². The molecule has 5 nitrogen and oxygen atoms in total. The molecule has 28 heavy (non-hydrogen) atoms. The summed E-state index contributed by atoms with van der Waals surface area (Å²) in [5.74, 6) is -1.81. The van der Waals surface area contributed by atoms with Crippen molar-refractivity contribution in [3.05, 3.63) is 84.6 Å². The Labute approximate surface area is 159 Å². The summed E-state index contributed by atoms with van der Waals surface area (Å²) in [6, 6.07) is 16.7. The van der Waals surface area contributed by atoms with Crippen LogP contribution in [0.3, 0.4) is 0 Å². The highest BCUT2D eigenvalue weighted by atomic mass is 19.1. The summed E-state index contributed by atoms with van der Waals surface area (Å²) in [6.07, 6.45) is 1.82. The molecule has 0 atom stereocenters. The van der Waals surface area contributed by atoms with Gasteiger partial charge in [0.2, 0.25) is 0 Å². The number of hydrogen-bond donors (Lipinski definition) is 3. The lowest BCUT2D eigenvalue weighted by atomic mass is 10.2. The minimum absolute atomic E-state index is 0.243. The van der Waals surface area contributed by atoms with Gasteiger partial charge in [0, 0.05) is 23.1 Å². The number of benzene rings is 3. The Bertz CT molecular complexity index is 1120. The second-order valence-corrected chi connectivity index (χ2v) is 6.04. The standard InChI is InChI=1S/C21H15F2N3O2/c22-17-2-1-3-18(23)20(17)28-16-8-6-14(7-9-16)25-21(27)26-15-5-4-13-10-11-24-19(13)12-15/h1-12,24H,(H2,25,26,27). The van der Waals surface area contributed by atoms with Gasteiger partial charge in [-0.1, -0.05) is 12.1 Å². The first-order valence-electron chi connectivity index (χ1n) is 8.45. The summed E-state index contributed by atoms with van der Waals surface area (Å²) in [5, 5.41) is 6.47. The number of carbonyl (C=O) groups excluding carboxylic acids is 1. The van der Waals surface area contributed by atoms with E-state index in [2.05, 4.69) is 15.6 Å². The second kappa shape index (κ2) is 7.40. The molecular formula is C21H15F2N3O2. The molecule has 1 heterocycles. The quantitative estimate of drug-likeness (QED) is 0.414. The van der Waals surface area contributed by atoms with E-state index in [0.29, 0.717) is 11.4 Å². The van der Waals surface area contributed by atoms with Crippen LogP contribution in [0.5, 0.6) is 11.5 Å². The van der Waals surface area contributed by atoms with E-state index >= 15 is 0 Å². The zero-order valence-electron chi connectivity index (χ0n) is 14.5. The maximum absolute atomic E-state index is 13.6. The molecular weight excluding hydrogens is 364 g/mol. The Morgan fingerprint density at radius 2 is 1.54 bits per heavy atom. The number of rotatable bonds is 4. The molecule has 0 aliphatic rings. The van der Waals surface area contributed by atoms with Crippen molar-refractivity contribution in [2.75, 3.05) is 10.6 Å². The van der Waals surface area contributed by atoms with Crippen LogP contribution in [0.15, 0.2) is 72.9 Å². The topological polar surface area (TPSA) is 66.2 Å². The van der Waals surface area contributed by atoms with E-state index in [1.54, 1.807) is 18.2 Å². The van der Waals surface area contributed by atoms with Gasteiger partial charge >= 0.3 is 6.03 Å². The van der Waals surface area contributed by atoms with Crippen LogP contribution >= 0.6 is 0 Å². The Morgan fingerprint density at radius 1 is 0.857 bits per heavy atom. The zero-order chi connectivity index (χ0) is 19.5. The van der Waals surface area contributed by atoms with Crippen LogP contribution in [0.1, 0.15) is 0 Å². The fourth-order valence-electron chi connectivity index (χ4n) is 2.72. The van der Waals surface area contributed by atoms with E-state index in [9.17, 15) is 13.6 Å². The largest absolute Gasteiger partial charge is 0.451 e. The molecule has 1 aromatic heterocycles. The van der Waals surface area contributed by atoms with Crippen LogP contribution in [0.2, 0.25) is 0 Å². The van der Waals surface area contributed by atoms with Gasteiger partial charge < -0.3 is 20.4 Å². The van der Waals surface area contributed by atoms with E-state index < -0.39 is 23.4 Å². The Balaban J connectivity index is 1.40. The van der Waals surface area contributed by atoms with Gasteiger partial charge in [0.15, 0.2) is 17.4 Å². The molecule has 0 unspecified atom stereocenters. The minimum atomic E-state index is -0.791. The summed E-state index contributed by atoms with van der Waals surface area (Å²) >= 11 is 0. The highest BCUT2D eigenvalue weighted by Crippen LogP contribution is 2.28. The maximum atomic E-state index is 13.6. The number of carbonyl (C=O) groups is 1. The molecule has 2 amide bonds. The number of anilines is 2. The molecule has 140 valence electrons. The molecule has 0 radical (unpaired) electrons. The molecule has 4 aromatic rings. The number of fused-ring (bicyclic) bond motifs is 1. The molecule has 0 aliphatic heterocycles. The van der Waals surface area contributed by atoms with Crippen molar-refractivity contribution in [1.29, 1.82) is 0 Å². The van der Waals surface area contributed by atoms with Gasteiger partial charge in [0.25, 0.3) is 0 Å². The Hall–Kier alpha value is -3.87. The summed E-state index contributed by atoms with van der Waals surface area (Å²) in [4.78, 5) is 15.2. The fourth-order valence-corrected chi connectivity index (χ4v) is 2.72. The number of aromatic nitrogens is 1. The van der Waals surface area contributed by atoms with Crippen molar-refractivity contribution in [3.63, 3.8) is 0 Å². The molecule has 0 saturated carbocycles. The highest BCUT2D eigenvalue weighted by Gasteiger charge is 2.11. The third-order valence-corrected chi connectivity index (χ3v) is 4.06. The van der Waals surface area contributed by atoms with Gasteiger partial charge in [0.1, 0.15) is 5.75 Å². The van der Waals surface area contributed by atoms with E-state index in [1.807, 2.05) is 24.4 Å². The molecule has 0 saturated heterocycles. The maximum Gasteiger partial charge on any atom is 0.323 e. The molecule has 7 heteroatoms. The number of halogens is 2. The summed E-state index contributed by atoms with van der Waals surface area (Å²) in [7, 11) is 0. The molecule has 3 N–H and O–H groups in total. The first-order valence-corrected chi connectivity index (χ1v) is 8.45. The van der Waals surface area contributed by atoms with E-state index in [0.717, 1.165) is 23.0 Å². The van der Waals surface area contributed by atoms with E-state index in [1.165, 1.54) is 18.2 Å². The van der Waals surface area contributed by atoms with Crippen LogP contribution in [-0.4, -0.2) is 11.0 Å². The predicted octanol–water partition coefficient (Wildman–Crippen LogP) is 5.88. The van der Waals surface area contributed by atoms with Crippen molar-refractivity contribution in [3.8, 4) is 11.5 Å². The zero-order valence-corrected chi connectivity index (χ0v) is 14.5. The molecule has 0 bridgehead atoms. The average molecular weight is 379 g/mol. The normalized spacial score (nSPS) is 10.6. The van der Waals surface area contributed by atoms with E-state index in [-0.39, 0.29) is 5.75 Å². The molecule has 3 aromatic carbocycles. The van der Waals surface area contributed by atoms with Crippen LogP contribution in [0.25, 0.3) is 10.9 Å². The summed E-state index contributed by atoms with van der Waals surface area (Å²) < 4.78 is 32.5. The average Bonchev–Trinajstić information content (AvgIpc) is 3.14. The van der Waals surface area contributed by atoms with Gasteiger partial charge in [-0.3, -0.25) is 0 Å². The van der Waals surface area contributed by atoms with Crippen LogP contribution in [-0.2, 0) is 0 Å². The van der Waals surface area contributed by atoms with Crippen molar-refractivity contribution in [2.45, 2.75) is 0 Å². The smallest absolute Gasteiger partial charge is 0.323 e. The van der Waals surface area contributed by atoms with Crippen LogP contribution in [0.4, 0.5) is 25.0 Å². The number of H-pyrrole nitrogens is 1. The number of amides is 2. The van der Waals surface area contributed by atoms with Crippen molar-refractivity contribution in [1.82, 2.24) is 4.98 Å². The number of aromatic amines is 1.